The molecule has 204 valence electrons. The van der Waals surface area contributed by atoms with Crippen LogP contribution >= 0.6 is 23.2 Å². The third-order valence-corrected chi connectivity index (χ3v) is 11.0. The van der Waals surface area contributed by atoms with Gasteiger partial charge in [-0.25, -0.2) is 4.39 Å². The van der Waals surface area contributed by atoms with Crippen molar-refractivity contribution in [2.24, 2.45) is 10.8 Å². The number of rotatable bonds is 5. The van der Waals surface area contributed by atoms with Crippen LogP contribution in [0.15, 0.2) is 36.4 Å². The van der Waals surface area contributed by atoms with E-state index >= 15 is 4.39 Å². The fourth-order valence-electron chi connectivity index (χ4n) is 9.16. The molecular weight excluding hydrogens is 542 g/mol. The predicted molar refractivity (Wildman–Crippen MR) is 145 cm³/mol. The molecule has 2 aromatic rings. The lowest BCUT2D eigenvalue weighted by atomic mass is 9.34. The van der Waals surface area contributed by atoms with Crippen LogP contribution in [0.25, 0.3) is 0 Å². The van der Waals surface area contributed by atoms with Gasteiger partial charge in [-0.1, -0.05) is 60.7 Å². The summed E-state index contributed by atoms with van der Waals surface area (Å²) < 4.78 is 15.9. The van der Waals surface area contributed by atoms with Gasteiger partial charge in [-0.2, -0.15) is 0 Å². The number of fused-ring (bicyclic) bond motifs is 3. The van der Waals surface area contributed by atoms with Crippen molar-refractivity contribution >= 4 is 46.5 Å². The maximum Gasteiger partial charge on any atom is 0.309 e. The first-order valence-corrected chi connectivity index (χ1v) is 14.4. The molecule has 6 nitrogen and oxygen atoms in total. The Balaban J connectivity index is 1.39. The van der Waals surface area contributed by atoms with E-state index in [9.17, 15) is 19.5 Å². The fraction of sp³-hybridized carbons (Fsp3) is 0.500. The van der Waals surface area contributed by atoms with E-state index in [4.69, 9.17) is 23.2 Å². The summed E-state index contributed by atoms with van der Waals surface area (Å²) >= 11 is 12.6. The van der Waals surface area contributed by atoms with Crippen molar-refractivity contribution in [3.05, 3.63) is 63.4 Å². The lowest BCUT2D eigenvalue weighted by molar-refractivity contribution is -0.224. The molecule has 2 aliphatic heterocycles. The summed E-state index contributed by atoms with van der Waals surface area (Å²) in [4.78, 5) is 40.3. The van der Waals surface area contributed by atoms with Gasteiger partial charge in [0.2, 0.25) is 5.91 Å². The first-order valence-electron chi connectivity index (χ1n) is 13.7. The van der Waals surface area contributed by atoms with E-state index in [1.165, 1.54) is 6.07 Å². The number of anilines is 1. The van der Waals surface area contributed by atoms with Gasteiger partial charge >= 0.3 is 5.97 Å². The molecule has 6 aliphatic rings. The van der Waals surface area contributed by atoms with Gasteiger partial charge in [0.05, 0.1) is 16.5 Å². The second-order valence-electron chi connectivity index (χ2n) is 12.6. The summed E-state index contributed by atoms with van der Waals surface area (Å²) in [6, 6.07) is 9.24. The number of hydrogen-bond acceptors (Lipinski definition) is 4. The lowest BCUT2D eigenvalue weighted by Gasteiger charge is -2.68. The predicted octanol–water partition coefficient (Wildman–Crippen LogP) is 6.00. The minimum Gasteiger partial charge on any atom is -0.481 e. The monoisotopic (exact) mass is 570 g/mol. The van der Waals surface area contributed by atoms with Gasteiger partial charge in [0.15, 0.2) is 5.78 Å². The molecule has 8 rings (SSSR count). The molecule has 2 spiro atoms. The molecule has 9 heteroatoms. The van der Waals surface area contributed by atoms with Crippen molar-refractivity contribution in [1.29, 1.82) is 0 Å². The van der Waals surface area contributed by atoms with E-state index in [-0.39, 0.29) is 34.1 Å². The number of halogens is 3. The first-order chi connectivity index (χ1) is 18.6. The van der Waals surface area contributed by atoms with Crippen LogP contribution in [0.4, 0.5) is 10.1 Å². The second kappa shape index (κ2) is 8.27. The van der Waals surface area contributed by atoms with Crippen molar-refractivity contribution in [3.8, 4) is 0 Å². The SMILES string of the molecule is O=C(CC12CC(C(=O)O)(C1)C2)[C@@H]1NC2(CCCCC2)[C@@]2(C(=O)Nc3cc(Cl)ccc32)[C@H]1c1cccc(Cl)c1F. The average molecular weight is 571 g/mol. The van der Waals surface area contributed by atoms with Crippen molar-refractivity contribution in [2.45, 2.75) is 80.7 Å². The molecule has 5 fully saturated rings. The third kappa shape index (κ3) is 3.21. The smallest absolute Gasteiger partial charge is 0.309 e. The van der Waals surface area contributed by atoms with Gasteiger partial charge in [0.25, 0.3) is 0 Å². The molecular formula is C30H29Cl2FN2O4. The number of Topliss-reactive ketones (excluding diaryl/α,β-unsaturated/α-hetero) is 1. The summed E-state index contributed by atoms with van der Waals surface area (Å²) in [5.74, 6) is -2.63. The molecule has 0 unspecified atom stereocenters. The molecule has 2 bridgehead atoms. The summed E-state index contributed by atoms with van der Waals surface area (Å²) in [5.41, 5.74) is -1.49. The second-order valence-corrected chi connectivity index (χ2v) is 13.4. The summed E-state index contributed by atoms with van der Waals surface area (Å²) in [7, 11) is 0. The van der Waals surface area contributed by atoms with Crippen LogP contribution in [0, 0.1) is 16.6 Å². The van der Waals surface area contributed by atoms with Crippen LogP contribution in [-0.2, 0) is 19.8 Å². The zero-order valence-electron chi connectivity index (χ0n) is 21.3. The summed E-state index contributed by atoms with van der Waals surface area (Å²) in [6.07, 6.45) is 5.77. The molecule has 1 amide bonds. The third-order valence-electron chi connectivity index (χ3n) is 10.5. The normalized spacial score (nSPS) is 35.3. The highest BCUT2D eigenvalue weighted by atomic mass is 35.5. The maximum absolute atomic E-state index is 15.9. The largest absolute Gasteiger partial charge is 0.481 e. The molecule has 2 aromatic carbocycles. The molecule has 3 atom stereocenters. The van der Waals surface area contributed by atoms with Gasteiger partial charge in [-0.05, 0) is 66.8 Å². The number of carbonyl (C=O) groups is 3. The highest BCUT2D eigenvalue weighted by molar-refractivity contribution is 6.31. The Hall–Kier alpha value is -2.48. The number of hydrogen-bond donors (Lipinski definition) is 3. The molecule has 4 saturated carbocycles. The molecule has 1 saturated heterocycles. The zero-order valence-corrected chi connectivity index (χ0v) is 22.8. The first kappa shape index (κ1) is 25.5. The zero-order chi connectivity index (χ0) is 27.4. The van der Waals surface area contributed by atoms with Crippen molar-refractivity contribution in [2.75, 3.05) is 5.32 Å². The van der Waals surface area contributed by atoms with Crippen LogP contribution in [0.2, 0.25) is 10.0 Å². The Labute approximate surface area is 235 Å². The van der Waals surface area contributed by atoms with Crippen molar-refractivity contribution < 1.29 is 23.9 Å². The van der Waals surface area contributed by atoms with Crippen molar-refractivity contribution in [3.63, 3.8) is 0 Å². The van der Waals surface area contributed by atoms with E-state index in [0.717, 1.165) is 24.8 Å². The number of carboxylic acid groups (broad SMARTS) is 1. The van der Waals surface area contributed by atoms with E-state index in [2.05, 4.69) is 10.6 Å². The topological polar surface area (TPSA) is 95.5 Å². The number of benzene rings is 2. The number of nitrogens with one attached hydrogen (secondary N) is 2. The average Bonchev–Trinajstić information content (AvgIpc) is 3.30. The number of carboxylic acids is 1. The Morgan fingerprint density at radius 1 is 1.05 bits per heavy atom. The Bertz CT molecular complexity index is 1430. The van der Waals surface area contributed by atoms with Crippen LogP contribution < -0.4 is 10.6 Å². The molecule has 0 aromatic heterocycles. The van der Waals surface area contributed by atoms with E-state index in [0.29, 0.717) is 42.8 Å². The minimum atomic E-state index is -1.25. The fourth-order valence-corrected chi connectivity index (χ4v) is 9.51. The standard InChI is InChI=1S/C30H29Cl2FN2O4/c31-16-7-8-18-20(11-16)34-25(37)30(18)22(17-5-4-6-19(32)23(17)33)24(35-29(30)9-2-1-3-10-29)21(36)12-27-13-28(14-27,15-27)26(38)39/h4-8,11,22,24,35H,1-3,9-10,12-15H2,(H,34,37)(H,38,39)/t22-,24-,27?,28?,30+/m0/s1. The quantitative estimate of drug-likeness (QED) is 0.410. The molecule has 3 N–H and O–H groups in total. The van der Waals surface area contributed by atoms with E-state index in [1.807, 2.05) is 6.07 Å². The lowest BCUT2D eigenvalue weighted by Crippen LogP contribution is -2.66. The number of aliphatic carboxylic acids is 1. The summed E-state index contributed by atoms with van der Waals surface area (Å²) in [5, 5.41) is 16.7. The number of amides is 1. The van der Waals surface area contributed by atoms with Gasteiger partial charge in [0, 0.05) is 28.6 Å². The van der Waals surface area contributed by atoms with Crippen LogP contribution in [0.1, 0.15) is 74.8 Å². The van der Waals surface area contributed by atoms with Crippen LogP contribution in [-0.4, -0.2) is 34.3 Å². The summed E-state index contributed by atoms with van der Waals surface area (Å²) in [6.45, 7) is 0. The highest BCUT2D eigenvalue weighted by Gasteiger charge is 2.75. The van der Waals surface area contributed by atoms with Crippen molar-refractivity contribution in [1.82, 2.24) is 5.32 Å². The maximum atomic E-state index is 15.9. The van der Waals surface area contributed by atoms with Crippen LogP contribution in [0.3, 0.4) is 0 Å². The van der Waals surface area contributed by atoms with Gasteiger partial charge in [-0.3, -0.25) is 19.7 Å². The molecule has 4 aliphatic carbocycles. The van der Waals surface area contributed by atoms with Crippen LogP contribution in [0.5, 0.6) is 0 Å². The minimum absolute atomic E-state index is 0.0593. The molecule has 39 heavy (non-hydrogen) atoms. The van der Waals surface area contributed by atoms with E-state index in [1.54, 1.807) is 24.3 Å². The highest BCUT2D eigenvalue weighted by Crippen LogP contribution is 2.75. The molecule has 0 radical (unpaired) electrons. The number of ketones is 1. The molecule has 2 heterocycles. The van der Waals surface area contributed by atoms with Gasteiger partial charge < -0.3 is 10.4 Å². The van der Waals surface area contributed by atoms with Gasteiger partial charge in [-0.15, -0.1) is 0 Å². The van der Waals surface area contributed by atoms with E-state index < -0.39 is 40.1 Å². The Morgan fingerprint density at radius 3 is 2.46 bits per heavy atom. The van der Waals surface area contributed by atoms with Gasteiger partial charge in [0.1, 0.15) is 11.2 Å². The Morgan fingerprint density at radius 2 is 1.77 bits per heavy atom. The Kier molecular flexibility index (Phi) is 5.41. The number of carbonyl (C=O) groups excluding carboxylic acids is 2.